The van der Waals surface area contributed by atoms with Crippen molar-refractivity contribution in [2.24, 2.45) is 5.92 Å². The molecule has 1 heteroatoms. The van der Waals surface area contributed by atoms with E-state index in [0.717, 1.165) is 25.5 Å². The highest BCUT2D eigenvalue weighted by Gasteiger charge is 1.99. The van der Waals surface area contributed by atoms with Crippen molar-refractivity contribution in [2.45, 2.75) is 40.5 Å². The first-order chi connectivity index (χ1) is 3.85. The van der Waals surface area contributed by atoms with Crippen LogP contribution in [0.1, 0.15) is 40.5 Å². The molecule has 1 unspecified atom stereocenters. The Balaban J connectivity index is 0. The largest absolute Gasteiger partial charge is 0.303 e. The maximum absolute atomic E-state index is 10.1. The fourth-order valence-corrected chi connectivity index (χ4v) is 0.739. The molecule has 0 radical (unpaired) electrons. The normalized spacial score (nSPS) is 11.8. The van der Waals surface area contributed by atoms with E-state index in [9.17, 15) is 4.79 Å². The van der Waals surface area contributed by atoms with E-state index in [4.69, 9.17) is 0 Å². The van der Waals surface area contributed by atoms with E-state index in [1.165, 1.54) is 0 Å². The smallest absolute Gasteiger partial charge is 0.123 e. The summed E-state index contributed by atoms with van der Waals surface area (Å²) in [5.41, 5.74) is 0. The van der Waals surface area contributed by atoms with E-state index in [1.807, 2.05) is 0 Å². The molecule has 0 spiro atoms. The van der Waals surface area contributed by atoms with E-state index >= 15 is 0 Å². The Morgan fingerprint density at radius 3 is 2.11 bits per heavy atom. The molecule has 0 rings (SSSR count). The molecule has 0 aliphatic rings. The molecule has 56 valence electrons. The standard InChI is InChI=1S/C7H14O.CH4/c1-3-5-7(4-2)6-8;/h6-7H,3-5H2,1-2H3;1H4. The minimum atomic E-state index is 0. The van der Waals surface area contributed by atoms with Crippen LogP contribution in [0.2, 0.25) is 0 Å². The lowest BCUT2D eigenvalue weighted by Gasteiger charge is -2.01. The SMILES string of the molecule is C.CCCC(C=O)CC. The van der Waals surface area contributed by atoms with E-state index in [-0.39, 0.29) is 7.43 Å². The fraction of sp³-hybridized carbons (Fsp3) is 0.875. The van der Waals surface area contributed by atoms with Crippen molar-refractivity contribution in [1.82, 2.24) is 0 Å². The first-order valence-corrected chi connectivity index (χ1v) is 3.30. The second-order valence-electron chi connectivity index (χ2n) is 2.09. The van der Waals surface area contributed by atoms with Crippen molar-refractivity contribution in [3.05, 3.63) is 0 Å². The lowest BCUT2D eigenvalue weighted by molar-refractivity contribution is -0.111. The lowest BCUT2D eigenvalue weighted by Crippen LogP contribution is -1.97. The van der Waals surface area contributed by atoms with Gasteiger partial charge in [0.15, 0.2) is 0 Å². The van der Waals surface area contributed by atoms with Crippen molar-refractivity contribution < 1.29 is 4.79 Å². The Bertz CT molecular complexity index is 59.6. The molecule has 0 N–H and O–H groups in total. The number of carbonyl (C=O) groups is 1. The maximum atomic E-state index is 10.1. The highest BCUT2D eigenvalue weighted by atomic mass is 16.1. The zero-order chi connectivity index (χ0) is 6.41. The molecule has 0 aromatic rings. The maximum Gasteiger partial charge on any atom is 0.123 e. The van der Waals surface area contributed by atoms with Gasteiger partial charge in [-0.3, -0.25) is 0 Å². The van der Waals surface area contributed by atoms with Gasteiger partial charge in [0.05, 0.1) is 0 Å². The van der Waals surface area contributed by atoms with Crippen LogP contribution in [0.15, 0.2) is 0 Å². The van der Waals surface area contributed by atoms with Crippen molar-refractivity contribution in [1.29, 1.82) is 0 Å². The molecule has 0 bridgehead atoms. The summed E-state index contributed by atoms with van der Waals surface area (Å²) in [6.45, 7) is 4.15. The van der Waals surface area contributed by atoms with Crippen LogP contribution in [0.4, 0.5) is 0 Å². The van der Waals surface area contributed by atoms with Crippen LogP contribution in [-0.2, 0) is 4.79 Å². The predicted octanol–water partition coefficient (Wildman–Crippen LogP) is 2.65. The minimum Gasteiger partial charge on any atom is -0.303 e. The van der Waals surface area contributed by atoms with Gasteiger partial charge in [-0.05, 0) is 12.8 Å². The summed E-state index contributed by atoms with van der Waals surface area (Å²) in [6, 6.07) is 0. The molecule has 0 saturated carbocycles. The quantitative estimate of drug-likeness (QED) is 0.535. The van der Waals surface area contributed by atoms with Gasteiger partial charge < -0.3 is 4.79 Å². The number of hydrogen-bond donors (Lipinski definition) is 0. The van der Waals surface area contributed by atoms with Gasteiger partial charge in [-0.2, -0.15) is 0 Å². The van der Waals surface area contributed by atoms with Gasteiger partial charge in [-0.25, -0.2) is 0 Å². The zero-order valence-corrected chi connectivity index (χ0v) is 5.68. The van der Waals surface area contributed by atoms with Gasteiger partial charge in [0.1, 0.15) is 6.29 Å². The van der Waals surface area contributed by atoms with E-state index in [1.54, 1.807) is 0 Å². The van der Waals surface area contributed by atoms with Crippen LogP contribution >= 0.6 is 0 Å². The second-order valence-corrected chi connectivity index (χ2v) is 2.09. The van der Waals surface area contributed by atoms with Gasteiger partial charge in [-0.1, -0.05) is 27.7 Å². The van der Waals surface area contributed by atoms with Gasteiger partial charge >= 0.3 is 0 Å². The first kappa shape index (κ1) is 11.5. The molecule has 9 heavy (non-hydrogen) atoms. The molecule has 0 fully saturated rings. The predicted molar refractivity (Wildman–Crippen MR) is 41.5 cm³/mol. The van der Waals surface area contributed by atoms with Crippen LogP contribution in [0.3, 0.4) is 0 Å². The van der Waals surface area contributed by atoms with E-state index in [0.29, 0.717) is 5.92 Å². The van der Waals surface area contributed by atoms with Gasteiger partial charge in [0, 0.05) is 5.92 Å². The zero-order valence-electron chi connectivity index (χ0n) is 5.68. The summed E-state index contributed by atoms with van der Waals surface area (Å²) in [5, 5.41) is 0. The molecule has 0 saturated heterocycles. The van der Waals surface area contributed by atoms with Crippen LogP contribution in [0.25, 0.3) is 0 Å². The summed E-state index contributed by atoms with van der Waals surface area (Å²) in [7, 11) is 0. The summed E-state index contributed by atoms with van der Waals surface area (Å²) in [4.78, 5) is 10.1. The van der Waals surface area contributed by atoms with Crippen LogP contribution in [0, 0.1) is 5.92 Å². The summed E-state index contributed by atoms with van der Waals surface area (Å²) in [6.07, 6.45) is 4.23. The Kier molecular flexibility index (Phi) is 9.77. The lowest BCUT2D eigenvalue weighted by atomic mass is 10.0. The molecular formula is C8H18O. The average molecular weight is 130 g/mol. The number of hydrogen-bond acceptors (Lipinski definition) is 1. The van der Waals surface area contributed by atoms with Gasteiger partial charge in [0.25, 0.3) is 0 Å². The van der Waals surface area contributed by atoms with Gasteiger partial charge in [0.2, 0.25) is 0 Å². The molecule has 1 nitrogen and oxygen atoms in total. The fourth-order valence-electron chi connectivity index (χ4n) is 0.739. The average Bonchev–Trinajstić information content (AvgIpc) is 1.83. The highest BCUT2D eigenvalue weighted by molar-refractivity contribution is 5.53. The summed E-state index contributed by atoms with van der Waals surface area (Å²) in [5.74, 6) is 0.319. The third-order valence-electron chi connectivity index (χ3n) is 1.38. The van der Waals surface area contributed by atoms with Gasteiger partial charge in [-0.15, -0.1) is 0 Å². The molecule has 0 amide bonds. The molecule has 0 aliphatic carbocycles. The molecule has 0 aromatic heterocycles. The van der Waals surface area contributed by atoms with Crippen LogP contribution in [0.5, 0.6) is 0 Å². The Morgan fingerprint density at radius 1 is 1.44 bits per heavy atom. The monoisotopic (exact) mass is 130 g/mol. The van der Waals surface area contributed by atoms with E-state index < -0.39 is 0 Å². The van der Waals surface area contributed by atoms with E-state index in [2.05, 4.69) is 13.8 Å². The molecule has 0 heterocycles. The summed E-state index contributed by atoms with van der Waals surface area (Å²) < 4.78 is 0. The molecule has 1 atom stereocenters. The van der Waals surface area contributed by atoms with Crippen molar-refractivity contribution in [2.75, 3.05) is 0 Å². The first-order valence-electron chi connectivity index (χ1n) is 3.30. The number of aldehydes is 1. The highest BCUT2D eigenvalue weighted by Crippen LogP contribution is 2.05. The Labute approximate surface area is 58.5 Å². The topological polar surface area (TPSA) is 17.1 Å². The molecule has 0 aromatic carbocycles. The summed E-state index contributed by atoms with van der Waals surface area (Å²) >= 11 is 0. The second kappa shape index (κ2) is 7.67. The Hall–Kier alpha value is -0.330. The number of rotatable bonds is 4. The third kappa shape index (κ3) is 5.54. The number of carbonyl (C=O) groups excluding carboxylic acids is 1. The minimum absolute atomic E-state index is 0. The van der Waals surface area contributed by atoms with Crippen molar-refractivity contribution in [3.63, 3.8) is 0 Å². The van der Waals surface area contributed by atoms with Crippen molar-refractivity contribution in [3.8, 4) is 0 Å². The Morgan fingerprint density at radius 2 is 2.00 bits per heavy atom. The van der Waals surface area contributed by atoms with Crippen LogP contribution < -0.4 is 0 Å². The van der Waals surface area contributed by atoms with Crippen molar-refractivity contribution >= 4 is 6.29 Å². The third-order valence-corrected chi connectivity index (χ3v) is 1.38. The van der Waals surface area contributed by atoms with Crippen LogP contribution in [-0.4, -0.2) is 6.29 Å². The molecular weight excluding hydrogens is 112 g/mol. The molecule has 0 aliphatic heterocycles.